The number of carbonyl (C=O) groups is 1. The van der Waals surface area contributed by atoms with Crippen molar-refractivity contribution in [3.63, 3.8) is 0 Å². The molecule has 156 valence electrons. The molecule has 2 unspecified atom stereocenters. The number of hydrogen-bond acceptors (Lipinski definition) is 3. The summed E-state index contributed by atoms with van der Waals surface area (Å²) in [5.74, 6) is 0.804. The Bertz CT molecular complexity index is 640. The summed E-state index contributed by atoms with van der Waals surface area (Å²) in [5.41, 5.74) is 2.54. The minimum atomic E-state index is 0.0558. The maximum Gasteiger partial charge on any atom is 0.222 e. The number of nitrogens with one attached hydrogen (secondary N) is 3. The number of nitrogens with zero attached hydrogens (tertiary/aromatic N) is 2. The number of anilines is 1. The Labute approximate surface area is 170 Å². The first-order valence-electron chi connectivity index (χ1n) is 10.7. The highest BCUT2D eigenvalue weighted by atomic mass is 16.1. The Morgan fingerprint density at radius 3 is 2.61 bits per heavy atom. The SMILES string of the molecule is CCNC(=NCCC(=O)NC(C)CC)NC(C)c1cccc(N2CCCC2)c1. The Kier molecular flexibility index (Phi) is 9.11. The predicted molar refractivity (Wildman–Crippen MR) is 118 cm³/mol. The number of carbonyl (C=O) groups excluding carboxylic acids is 1. The van der Waals surface area contributed by atoms with Crippen molar-refractivity contribution in [2.24, 2.45) is 4.99 Å². The summed E-state index contributed by atoms with van der Waals surface area (Å²) in [6.45, 7) is 11.8. The molecule has 0 spiro atoms. The van der Waals surface area contributed by atoms with Crippen LogP contribution in [0, 0.1) is 0 Å². The maximum atomic E-state index is 11.9. The molecule has 28 heavy (non-hydrogen) atoms. The van der Waals surface area contributed by atoms with Crippen molar-refractivity contribution in [2.45, 2.75) is 65.5 Å². The van der Waals surface area contributed by atoms with Gasteiger partial charge in [0, 0.05) is 37.8 Å². The smallest absolute Gasteiger partial charge is 0.222 e. The van der Waals surface area contributed by atoms with Gasteiger partial charge in [0.05, 0.1) is 12.6 Å². The fourth-order valence-electron chi connectivity index (χ4n) is 3.29. The topological polar surface area (TPSA) is 68.8 Å². The quantitative estimate of drug-likeness (QED) is 0.450. The summed E-state index contributed by atoms with van der Waals surface area (Å²) in [5, 5.41) is 9.72. The molecule has 0 radical (unpaired) electrons. The van der Waals surface area contributed by atoms with Gasteiger partial charge in [-0.1, -0.05) is 19.1 Å². The molecule has 1 aromatic rings. The van der Waals surface area contributed by atoms with Gasteiger partial charge in [-0.05, 0) is 57.7 Å². The zero-order valence-corrected chi connectivity index (χ0v) is 17.9. The van der Waals surface area contributed by atoms with Gasteiger partial charge in [0.25, 0.3) is 0 Å². The monoisotopic (exact) mass is 387 g/mol. The summed E-state index contributed by atoms with van der Waals surface area (Å²) in [7, 11) is 0. The lowest BCUT2D eigenvalue weighted by Gasteiger charge is -2.22. The van der Waals surface area contributed by atoms with Gasteiger partial charge in [0.15, 0.2) is 5.96 Å². The number of benzene rings is 1. The normalized spacial score (nSPS) is 16.6. The van der Waals surface area contributed by atoms with Crippen molar-refractivity contribution in [2.75, 3.05) is 31.1 Å². The zero-order valence-electron chi connectivity index (χ0n) is 17.9. The van der Waals surface area contributed by atoms with Crippen molar-refractivity contribution in [3.8, 4) is 0 Å². The highest BCUT2D eigenvalue weighted by Crippen LogP contribution is 2.23. The van der Waals surface area contributed by atoms with Gasteiger partial charge in [-0.2, -0.15) is 0 Å². The highest BCUT2D eigenvalue weighted by molar-refractivity contribution is 5.81. The fourth-order valence-corrected chi connectivity index (χ4v) is 3.29. The van der Waals surface area contributed by atoms with Gasteiger partial charge >= 0.3 is 0 Å². The third-order valence-corrected chi connectivity index (χ3v) is 5.17. The van der Waals surface area contributed by atoms with Crippen molar-refractivity contribution < 1.29 is 4.79 Å². The van der Waals surface area contributed by atoms with Crippen LogP contribution in [0.3, 0.4) is 0 Å². The van der Waals surface area contributed by atoms with E-state index in [9.17, 15) is 4.79 Å². The Morgan fingerprint density at radius 1 is 1.18 bits per heavy atom. The average Bonchev–Trinajstić information content (AvgIpc) is 3.23. The number of rotatable bonds is 9. The number of aliphatic imine (C=N–C) groups is 1. The van der Waals surface area contributed by atoms with Crippen LogP contribution in [0.15, 0.2) is 29.3 Å². The second kappa shape index (κ2) is 11.6. The zero-order chi connectivity index (χ0) is 20.4. The van der Waals surface area contributed by atoms with E-state index in [2.05, 4.69) is 64.0 Å². The highest BCUT2D eigenvalue weighted by Gasteiger charge is 2.14. The van der Waals surface area contributed by atoms with Crippen LogP contribution in [0.4, 0.5) is 5.69 Å². The van der Waals surface area contributed by atoms with Crippen molar-refractivity contribution in [1.29, 1.82) is 0 Å². The van der Waals surface area contributed by atoms with E-state index in [1.54, 1.807) is 0 Å². The first kappa shape index (κ1) is 22.1. The van der Waals surface area contributed by atoms with Crippen LogP contribution in [0.1, 0.15) is 65.0 Å². The lowest BCUT2D eigenvalue weighted by atomic mass is 10.1. The third kappa shape index (κ3) is 7.06. The molecule has 1 aliphatic rings. The molecule has 1 fully saturated rings. The average molecular weight is 388 g/mol. The van der Waals surface area contributed by atoms with Crippen molar-refractivity contribution in [3.05, 3.63) is 29.8 Å². The van der Waals surface area contributed by atoms with E-state index in [1.807, 2.05) is 13.8 Å². The standard InChI is InChI=1S/C22H37N5O/c1-5-17(3)25-21(28)12-13-24-22(23-6-2)26-18(4)19-10-9-11-20(16-19)27-14-7-8-15-27/h9-11,16-18H,5-8,12-15H2,1-4H3,(H,25,28)(H2,23,24,26). The lowest BCUT2D eigenvalue weighted by Crippen LogP contribution is -2.39. The summed E-state index contributed by atoms with van der Waals surface area (Å²) in [6.07, 6.45) is 3.90. The summed E-state index contributed by atoms with van der Waals surface area (Å²) >= 11 is 0. The molecular weight excluding hydrogens is 350 g/mol. The third-order valence-electron chi connectivity index (χ3n) is 5.17. The minimum absolute atomic E-state index is 0.0558. The van der Waals surface area contributed by atoms with E-state index in [0.29, 0.717) is 13.0 Å². The molecule has 1 amide bonds. The molecule has 1 heterocycles. The van der Waals surface area contributed by atoms with E-state index in [1.165, 1.54) is 24.1 Å². The summed E-state index contributed by atoms with van der Waals surface area (Å²) < 4.78 is 0. The van der Waals surface area contributed by atoms with Crippen LogP contribution in [0.5, 0.6) is 0 Å². The number of amides is 1. The number of hydrogen-bond donors (Lipinski definition) is 3. The predicted octanol–water partition coefficient (Wildman–Crippen LogP) is 3.21. The fraction of sp³-hybridized carbons (Fsp3) is 0.636. The summed E-state index contributed by atoms with van der Waals surface area (Å²) in [6, 6.07) is 9.09. The van der Waals surface area contributed by atoms with Crippen LogP contribution in [0.2, 0.25) is 0 Å². The Hall–Kier alpha value is -2.24. The van der Waals surface area contributed by atoms with Gasteiger partial charge in [-0.15, -0.1) is 0 Å². The lowest BCUT2D eigenvalue weighted by molar-refractivity contribution is -0.121. The van der Waals surface area contributed by atoms with Crippen LogP contribution in [-0.4, -0.2) is 44.1 Å². The molecule has 6 nitrogen and oxygen atoms in total. The second-order valence-electron chi connectivity index (χ2n) is 7.54. The molecule has 0 aliphatic carbocycles. The second-order valence-corrected chi connectivity index (χ2v) is 7.54. The van der Waals surface area contributed by atoms with Crippen molar-refractivity contribution >= 4 is 17.6 Å². The number of guanidine groups is 1. The van der Waals surface area contributed by atoms with E-state index in [4.69, 9.17) is 0 Å². The molecular formula is C22H37N5O. The molecule has 1 saturated heterocycles. The molecule has 1 aromatic carbocycles. The Balaban J connectivity index is 1.93. The first-order valence-corrected chi connectivity index (χ1v) is 10.7. The van der Waals surface area contributed by atoms with E-state index < -0.39 is 0 Å². The first-order chi connectivity index (χ1) is 13.5. The summed E-state index contributed by atoms with van der Waals surface area (Å²) in [4.78, 5) is 19.0. The molecule has 2 atom stereocenters. The Morgan fingerprint density at radius 2 is 1.93 bits per heavy atom. The maximum absolute atomic E-state index is 11.9. The van der Waals surface area contributed by atoms with Crippen molar-refractivity contribution in [1.82, 2.24) is 16.0 Å². The molecule has 6 heteroatoms. The van der Waals surface area contributed by atoms with Gasteiger partial charge in [0.1, 0.15) is 0 Å². The molecule has 0 bridgehead atoms. The molecule has 0 saturated carbocycles. The molecule has 3 N–H and O–H groups in total. The largest absolute Gasteiger partial charge is 0.372 e. The minimum Gasteiger partial charge on any atom is -0.372 e. The molecule has 1 aliphatic heterocycles. The van der Waals surface area contributed by atoms with E-state index in [0.717, 1.165) is 32.0 Å². The van der Waals surface area contributed by atoms with Crippen LogP contribution in [-0.2, 0) is 4.79 Å². The van der Waals surface area contributed by atoms with Crippen LogP contribution < -0.4 is 20.9 Å². The molecule has 2 rings (SSSR count). The van der Waals surface area contributed by atoms with E-state index in [-0.39, 0.29) is 18.0 Å². The van der Waals surface area contributed by atoms with E-state index >= 15 is 0 Å². The van der Waals surface area contributed by atoms with Gasteiger partial charge in [-0.3, -0.25) is 9.79 Å². The molecule has 0 aromatic heterocycles. The van der Waals surface area contributed by atoms with Crippen LogP contribution >= 0.6 is 0 Å². The van der Waals surface area contributed by atoms with Crippen LogP contribution in [0.25, 0.3) is 0 Å². The van der Waals surface area contributed by atoms with Gasteiger partial charge < -0.3 is 20.9 Å². The van der Waals surface area contributed by atoms with Gasteiger partial charge in [0.2, 0.25) is 5.91 Å². The van der Waals surface area contributed by atoms with Gasteiger partial charge in [-0.25, -0.2) is 0 Å².